The van der Waals surface area contributed by atoms with Crippen molar-refractivity contribution in [3.63, 3.8) is 0 Å². The van der Waals surface area contributed by atoms with Gasteiger partial charge in [0.1, 0.15) is 1.41 Å². The van der Waals surface area contributed by atoms with Crippen molar-refractivity contribution >= 4 is 11.6 Å². The lowest BCUT2D eigenvalue weighted by Gasteiger charge is -2.02. The summed E-state index contributed by atoms with van der Waals surface area (Å²) in [6.45, 7) is 6.21. The first kappa shape index (κ1) is 25.0. The zero-order chi connectivity index (χ0) is 17.2. The summed E-state index contributed by atoms with van der Waals surface area (Å²) in [4.78, 5) is 0. The Hall–Kier alpha value is -0.0300. The molecule has 0 aliphatic rings. The Labute approximate surface area is 133 Å². The number of hydrogen-bond acceptors (Lipinski definition) is 8. The molecule has 0 bridgehead atoms. The predicted octanol–water partition coefficient (Wildman–Crippen LogP) is -2.66. The van der Waals surface area contributed by atoms with E-state index in [1.54, 1.807) is 0 Å². The highest BCUT2D eigenvalue weighted by Gasteiger charge is 1.81. The molecule has 0 aliphatic carbocycles. The van der Waals surface area contributed by atoms with Crippen molar-refractivity contribution in [1.29, 1.82) is 0 Å². The molecule has 0 aromatic carbocycles. The van der Waals surface area contributed by atoms with Gasteiger partial charge in [-0.15, -0.1) is 11.6 Å². The van der Waals surface area contributed by atoms with Crippen molar-refractivity contribution in [1.82, 2.24) is 10.6 Å². The fraction of sp³-hybridized carbons (Fsp3) is 1.00. The van der Waals surface area contributed by atoms with Crippen LogP contribution in [0.3, 0.4) is 0 Å². The maximum atomic E-state index is 6.27. The van der Waals surface area contributed by atoms with Crippen LogP contribution in [-0.2, 0) is 0 Å². The van der Waals surface area contributed by atoms with Gasteiger partial charge in [0.15, 0.2) is 0 Å². The van der Waals surface area contributed by atoms with Gasteiger partial charge in [-0.05, 0) is 0 Å². The van der Waals surface area contributed by atoms with Crippen LogP contribution in [0.5, 0.6) is 0 Å². The van der Waals surface area contributed by atoms with Gasteiger partial charge in [0, 0.05) is 66.8 Å². The number of nitrogens with one attached hydrogen (secondary N) is 2. The topological polar surface area (TPSA) is 180 Å². The predicted molar refractivity (Wildman–Crippen MR) is 93.7 cm³/mol. The molecule has 8 nitrogen and oxygen atoms in total. The molecular weight excluding hydrogens is 280 g/mol. The molecule has 0 radical (unpaired) electrons. The average Bonchev–Trinajstić information content (AvgIpc) is 2.50. The molecule has 0 atom stereocenters. The van der Waals surface area contributed by atoms with E-state index < -0.39 is 0 Å². The zero-order valence-electron chi connectivity index (χ0n) is 13.8. The lowest BCUT2D eigenvalue weighted by molar-refractivity contribution is 0.592. The molecule has 0 unspecified atom stereocenters. The molecule has 0 rings (SSSR count). The van der Waals surface area contributed by atoms with Crippen molar-refractivity contribution in [3.8, 4) is 0 Å². The first-order valence-electron chi connectivity index (χ1n) is 7.28. The average molecular weight is 323 g/mol. The van der Waals surface area contributed by atoms with Crippen LogP contribution in [0.4, 0.5) is 0 Å². The van der Waals surface area contributed by atoms with Gasteiger partial charge in [0.2, 0.25) is 0 Å². The maximum Gasteiger partial charge on any atom is 0.118 e. The van der Waals surface area contributed by atoms with Crippen LogP contribution in [0.1, 0.15) is 8.80 Å². The number of rotatable bonds is 9. The van der Waals surface area contributed by atoms with E-state index in [2.05, 4.69) is 28.0 Å². The highest BCUT2D eigenvalue weighted by molar-refractivity contribution is 6.15. The summed E-state index contributed by atoms with van der Waals surface area (Å²) in [6, 6.07) is 0. The molecule has 0 heterocycles. The lowest BCUT2D eigenvalue weighted by Crippen LogP contribution is -2.35. The molecule has 0 fully saturated rings. The third-order valence-electron chi connectivity index (χ3n) is 1.20. The summed E-state index contributed by atoms with van der Waals surface area (Å²) < 4.78 is 12.2. The minimum Gasteiger partial charge on any atom is -0.329 e. The summed E-state index contributed by atoms with van der Waals surface area (Å²) in [5, 5.41) is 6.16. The van der Waals surface area contributed by atoms with Crippen LogP contribution >= 0.6 is 11.6 Å². The third kappa shape index (κ3) is 81.5. The molecule has 0 aromatic heterocycles. The van der Waals surface area contributed by atoms with Gasteiger partial charge in [-0.25, -0.2) is 0 Å². The summed E-state index contributed by atoms with van der Waals surface area (Å²) in [7, 11) is 0. The second-order valence-electron chi connectivity index (χ2n) is 2.87. The van der Waals surface area contributed by atoms with Crippen molar-refractivity contribution in [2.45, 2.75) is 7.43 Å². The minimum atomic E-state index is -0.0278. The van der Waals surface area contributed by atoms with Gasteiger partial charge in [-0.2, -0.15) is 0 Å². The van der Waals surface area contributed by atoms with E-state index in [1.165, 1.54) is 0 Å². The molecular formula is C11H39ClN8. The van der Waals surface area contributed by atoms with E-state index in [1.807, 2.05) is 0 Å². The minimum absolute atomic E-state index is 0. The summed E-state index contributed by atoms with van der Waals surface area (Å²) in [6.07, 6.45) is -0.0278. The van der Waals surface area contributed by atoms with Gasteiger partial charge < -0.3 is 45.0 Å². The normalized spacial score (nSPS) is 9.10. The van der Waals surface area contributed by atoms with Crippen LogP contribution in [0.25, 0.3) is 0 Å². The van der Waals surface area contributed by atoms with E-state index in [9.17, 15) is 0 Å². The summed E-state index contributed by atoms with van der Waals surface area (Å²) in [5.41, 5.74) is 27.4. The fourth-order valence-corrected chi connectivity index (χ4v) is 0.469. The largest absolute Gasteiger partial charge is 0.329 e. The van der Waals surface area contributed by atoms with Crippen LogP contribution in [0, 0.1) is 0 Å². The van der Waals surface area contributed by atoms with E-state index in [4.69, 9.17) is 31.5 Å². The Kier molecular flexibility index (Phi) is 63.5. The van der Waals surface area contributed by atoms with Crippen LogP contribution in [-0.4, -0.2) is 65.4 Å². The lowest BCUT2D eigenvalue weighted by atomic mass is 10.6. The van der Waals surface area contributed by atoms with Crippen LogP contribution in [0.15, 0.2) is 0 Å². The van der Waals surface area contributed by atoms with Gasteiger partial charge in [0.25, 0.3) is 0 Å². The number of halogens is 1. The number of nitrogens with two attached hydrogens (primary N) is 6. The quantitative estimate of drug-likeness (QED) is 0.128. The molecule has 14 N–H and O–H groups in total. The van der Waals surface area contributed by atoms with Crippen LogP contribution < -0.4 is 45.0 Å². The zero-order valence-corrected chi connectivity index (χ0v) is 12.6. The fourth-order valence-electron chi connectivity index (χ4n) is 0.469. The highest BCUT2D eigenvalue weighted by atomic mass is 35.5. The van der Waals surface area contributed by atoms with Gasteiger partial charge in [-0.1, -0.05) is 7.43 Å². The van der Waals surface area contributed by atoms with Crippen molar-refractivity contribution in [3.05, 3.63) is 0 Å². The molecule has 9 heteroatoms. The SMILES string of the molecule is C.NCCN.NCCNCNCCN.[3H]CCl.[3H]NCCN. The molecule has 0 saturated heterocycles. The maximum absolute atomic E-state index is 6.27. The van der Waals surface area contributed by atoms with Gasteiger partial charge >= 0.3 is 0 Å². The number of hydrogen-bond donors (Lipinski definition) is 8. The summed E-state index contributed by atoms with van der Waals surface area (Å²) >= 11 is 4.67. The van der Waals surface area contributed by atoms with Crippen molar-refractivity contribution < 1.29 is 2.78 Å². The molecule has 130 valence electrons. The van der Waals surface area contributed by atoms with Crippen LogP contribution in [0.2, 0.25) is 1.41 Å². The van der Waals surface area contributed by atoms with E-state index in [-0.39, 0.29) is 13.8 Å². The van der Waals surface area contributed by atoms with E-state index in [0.717, 1.165) is 19.8 Å². The molecule has 0 spiro atoms. The highest BCUT2D eigenvalue weighted by Crippen LogP contribution is 1.51. The third-order valence-corrected chi connectivity index (χ3v) is 1.20. The number of alkyl halides is 1. The van der Waals surface area contributed by atoms with Crippen molar-refractivity contribution in [2.24, 2.45) is 34.4 Å². The van der Waals surface area contributed by atoms with Gasteiger partial charge in [-0.3, -0.25) is 0 Å². The smallest absolute Gasteiger partial charge is 0.118 e. The Balaban J connectivity index is -0.0000000636. The Bertz CT molecular complexity index is 120. The Morgan fingerprint density at radius 3 is 1.35 bits per heavy atom. The van der Waals surface area contributed by atoms with Gasteiger partial charge in [0.05, 0.1) is 0 Å². The standard InChI is InChI=1S/C5H16N4.2C2H8N2.CH3Cl.CH4/c6-1-3-8-5-9-4-2-7;2*3-1-2-4;1-2;/h8-9H,1-7H2;2*1-4H2;1H3;1H4/i;;;1T;/hT. The van der Waals surface area contributed by atoms with E-state index in [0.29, 0.717) is 39.3 Å². The molecule has 20 heavy (non-hydrogen) atoms. The monoisotopic (exact) mass is 322 g/mol. The molecule has 0 aromatic rings. The molecule has 0 aliphatic heterocycles. The van der Waals surface area contributed by atoms with E-state index >= 15 is 0 Å². The van der Waals surface area contributed by atoms with Crippen molar-refractivity contribution in [2.75, 3.05) is 65.4 Å². The Morgan fingerprint density at radius 1 is 0.850 bits per heavy atom. The molecule has 0 saturated carbocycles. The second-order valence-corrected chi connectivity index (χ2v) is 2.87. The second kappa shape index (κ2) is 50.9. The Morgan fingerprint density at radius 2 is 1.20 bits per heavy atom. The first-order chi connectivity index (χ1) is 10.2. The first-order valence-corrected chi connectivity index (χ1v) is 6.61. The summed E-state index contributed by atoms with van der Waals surface area (Å²) in [5.74, 6) is 0. The molecule has 0 amide bonds.